The maximum atomic E-state index is 5.74. The van der Waals surface area contributed by atoms with Crippen molar-refractivity contribution in [1.29, 1.82) is 0 Å². The molecule has 0 fully saturated rings. The molecule has 20 heavy (non-hydrogen) atoms. The standard InChI is InChI=1S/C15H17BrN2O2/c1-19-14-7-4-6-13(16)15(14)20-10-9-17-11-12-5-2-3-8-18-12/h2-8,17H,9-11H2,1H3. The summed E-state index contributed by atoms with van der Waals surface area (Å²) in [4.78, 5) is 4.25. The Morgan fingerprint density at radius 3 is 2.85 bits per heavy atom. The van der Waals surface area contributed by atoms with Crippen molar-refractivity contribution in [3.63, 3.8) is 0 Å². The second-order valence-electron chi connectivity index (χ2n) is 4.12. The summed E-state index contributed by atoms with van der Waals surface area (Å²) in [6.07, 6.45) is 1.79. The average molecular weight is 337 g/mol. The van der Waals surface area contributed by atoms with Crippen molar-refractivity contribution >= 4 is 15.9 Å². The zero-order valence-corrected chi connectivity index (χ0v) is 12.9. The molecule has 0 saturated heterocycles. The van der Waals surface area contributed by atoms with E-state index in [0.717, 1.165) is 34.8 Å². The van der Waals surface area contributed by atoms with Gasteiger partial charge in [0.15, 0.2) is 11.5 Å². The normalized spacial score (nSPS) is 10.3. The highest BCUT2D eigenvalue weighted by Gasteiger charge is 2.07. The SMILES string of the molecule is COc1cccc(Br)c1OCCNCc1ccccn1. The van der Waals surface area contributed by atoms with Crippen molar-refractivity contribution in [2.75, 3.05) is 20.3 Å². The van der Waals surface area contributed by atoms with E-state index in [1.165, 1.54) is 0 Å². The lowest BCUT2D eigenvalue weighted by Crippen LogP contribution is -2.21. The predicted molar refractivity (Wildman–Crippen MR) is 82.1 cm³/mol. The Morgan fingerprint density at radius 1 is 1.20 bits per heavy atom. The maximum Gasteiger partial charge on any atom is 0.175 e. The van der Waals surface area contributed by atoms with Gasteiger partial charge in [-0.25, -0.2) is 0 Å². The second-order valence-corrected chi connectivity index (χ2v) is 4.97. The van der Waals surface area contributed by atoms with Crippen LogP contribution in [0, 0.1) is 0 Å². The van der Waals surface area contributed by atoms with Crippen LogP contribution in [0.4, 0.5) is 0 Å². The first-order valence-electron chi connectivity index (χ1n) is 6.37. The minimum Gasteiger partial charge on any atom is -0.493 e. The fourth-order valence-corrected chi connectivity index (χ4v) is 2.20. The molecule has 0 unspecified atom stereocenters. The van der Waals surface area contributed by atoms with Crippen molar-refractivity contribution in [3.05, 3.63) is 52.8 Å². The number of rotatable bonds is 7. The summed E-state index contributed by atoms with van der Waals surface area (Å²) in [6.45, 7) is 2.03. The van der Waals surface area contributed by atoms with Crippen molar-refractivity contribution < 1.29 is 9.47 Å². The fourth-order valence-electron chi connectivity index (χ4n) is 1.73. The summed E-state index contributed by atoms with van der Waals surface area (Å²) in [6, 6.07) is 11.6. The molecule has 0 bridgehead atoms. The first-order valence-corrected chi connectivity index (χ1v) is 7.16. The lowest BCUT2D eigenvalue weighted by atomic mass is 10.3. The van der Waals surface area contributed by atoms with Crippen LogP contribution in [0.5, 0.6) is 11.5 Å². The molecule has 2 rings (SSSR count). The summed E-state index contributed by atoms with van der Waals surface area (Å²) < 4.78 is 11.9. The van der Waals surface area contributed by atoms with E-state index in [9.17, 15) is 0 Å². The number of pyridine rings is 1. The number of para-hydroxylation sites is 1. The smallest absolute Gasteiger partial charge is 0.175 e. The number of nitrogens with one attached hydrogen (secondary N) is 1. The summed E-state index contributed by atoms with van der Waals surface area (Å²) in [5, 5.41) is 3.29. The number of hydrogen-bond donors (Lipinski definition) is 1. The lowest BCUT2D eigenvalue weighted by molar-refractivity contribution is 0.290. The highest BCUT2D eigenvalue weighted by Crippen LogP contribution is 2.34. The first kappa shape index (κ1) is 14.8. The van der Waals surface area contributed by atoms with Gasteiger partial charge in [-0.2, -0.15) is 0 Å². The van der Waals surface area contributed by atoms with E-state index in [-0.39, 0.29) is 0 Å². The van der Waals surface area contributed by atoms with Crippen LogP contribution in [0.3, 0.4) is 0 Å². The number of ether oxygens (including phenoxy) is 2. The van der Waals surface area contributed by atoms with E-state index in [4.69, 9.17) is 9.47 Å². The van der Waals surface area contributed by atoms with Crippen molar-refractivity contribution in [2.45, 2.75) is 6.54 Å². The maximum absolute atomic E-state index is 5.74. The molecule has 1 aromatic carbocycles. The Balaban J connectivity index is 1.76. The topological polar surface area (TPSA) is 43.4 Å². The Bertz CT molecular complexity index is 535. The van der Waals surface area contributed by atoms with Gasteiger partial charge in [0.1, 0.15) is 6.61 Å². The van der Waals surface area contributed by atoms with Crippen LogP contribution in [0.15, 0.2) is 47.1 Å². The van der Waals surface area contributed by atoms with Crippen LogP contribution in [-0.4, -0.2) is 25.2 Å². The van der Waals surface area contributed by atoms with Crippen LogP contribution in [0.2, 0.25) is 0 Å². The Kier molecular flexibility index (Phi) is 5.83. The van der Waals surface area contributed by atoms with Gasteiger partial charge in [0.25, 0.3) is 0 Å². The summed E-state index contributed by atoms with van der Waals surface area (Å²) in [5.41, 5.74) is 1.02. The van der Waals surface area contributed by atoms with Gasteiger partial charge in [-0.3, -0.25) is 4.98 Å². The molecule has 4 nitrogen and oxygen atoms in total. The average Bonchev–Trinajstić information content (AvgIpc) is 2.49. The largest absolute Gasteiger partial charge is 0.493 e. The van der Waals surface area contributed by atoms with Gasteiger partial charge in [-0.05, 0) is 40.2 Å². The third kappa shape index (κ3) is 4.21. The van der Waals surface area contributed by atoms with E-state index < -0.39 is 0 Å². The number of aromatic nitrogens is 1. The first-order chi connectivity index (χ1) is 9.81. The molecule has 5 heteroatoms. The Hall–Kier alpha value is -1.59. The molecule has 1 heterocycles. The number of benzene rings is 1. The van der Waals surface area contributed by atoms with E-state index >= 15 is 0 Å². The van der Waals surface area contributed by atoms with Gasteiger partial charge in [0, 0.05) is 19.3 Å². The molecule has 0 saturated carbocycles. The van der Waals surface area contributed by atoms with E-state index in [2.05, 4.69) is 26.2 Å². The third-order valence-corrected chi connectivity index (χ3v) is 3.33. The minimum absolute atomic E-state index is 0.561. The van der Waals surface area contributed by atoms with Crippen molar-refractivity contribution in [3.8, 4) is 11.5 Å². The molecule has 0 aliphatic heterocycles. The van der Waals surface area contributed by atoms with Crippen LogP contribution in [0.25, 0.3) is 0 Å². The lowest BCUT2D eigenvalue weighted by Gasteiger charge is -2.12. The molecule has 1 aromatic heterocycles. The quantitative estimate of drug-likeness (QED) is 0.789. The highest BCUT2D eigenvalue weighted by atomic mass is 79.9. The monoisotopic (exact) mass is 336 g/mol. The number of methoxy groups -OCH3 is 1. The van der Waals surface area contributed by atoms with Gasteiger partial charge in [-0.15, -0.1) is 0 Å². The van der Waals surface area contributed by atoms with Gasteiger partial charge < -0.3 is 14.8 Å². The van der Waals surface area contributed by atoms with E-state index in [0.29, 0.717) is 6.61 Å². The third-order valence-electron chi connectivity index (χ3n) is 2.71. The zero-order chi connectivity index (χ0) is 14.2. The molecule has 0 amide bonds. The summed E-state index contributed by atoms with van der Waals surface area (Å²) >= 11 is 3.46. The molecule has 106 valence electrons. The van der Waals surface area contributed by atoms with Crippen LogP contribution in [-0.2, 0) is 6.54 Å². The molecule has 0 radical (unpaired) electrons. The molecule has 0 aliphatic carbocycles. The second kappa shape index (κ2) is 7.87. The molecular weight excluding hydrogens is 320 g/mol. The number of hydrogen-bond acceptors (Lipinski definition) is 4. The molecule has 0 spiro atoms. The molecule has 1 N–H and O–H groups in total. The zero-order valence-electron chi connectivity index (χ0n) is 11.3. The Morgan fingerprint density at radius 2 is 2.10 bits per heavy atom. The Labute approximate surface area is 127 Å². The van der Waals surface area contributed by atoms with Crippen LogP contribution < -0.4 is 14.8 Å². The summed E-state index contributed by atoms with van der Waals surface area (Å²) in [5.74, 6) is 1.46. The van der Waals surface area contributed by atoms with Crippen molar-refractivity contribution in [1.82, 2.24) is 10.3 Å². The van der Waals surface area contributed by atoms with Gasteiger partial charge >= 0.3 is 0 Å². The van der Waals surface area contributed by atoms with Crippen LogP contribution in [0.1, 0.15) is 5.69 Å². The molecule has 0 aliphatic rings. The van der Waals surface area contributed by atoms with Gasteiger partial charge in [0.05, 0.1) is 17.3 Å². The van der Waals surface area contributed by atoms with Crippen molar-refractivity contribution in [2.24, 2.45) is 0 Å². The number of halogens is 1. The van der Waals surface area contributed by atoms with E-state index in [1.54, 1.807) is 13.3 Å². The van der Waals surface area contributed by atoms with Gasteiger partial charge in [-0.1, -0.05) is 12.1 Å². The summed E-state index contributed by atoms with van der Waals surface area (Å²) in [7, 11) is 1.63. The molecule has 0 atom stereocenters. The minimum atomic E-state index is 0.561. The highest BCUT2D eigenvalue weighted by molar-refractivity contribution is 9.10. The fraction of sp³-hybridized carbons (Fsp3) is 0.267. The number of nitrogens with zero attached hydrogens (tertiary/aromatic N) is 1. The van der Waals surface area contributed by atoms with E-state index in [1.807, 2.05) is 36.4 Å². The molecule has 2 aromatic rings. The predicted octanol–water partition coefficient (Wildman–Crippen LogP) is 3.02. The van der Waals surface area contributed by atoms with Gasteiger partial charge in [0.2, 0.25) is 0 Å². The van der Waals surface area contributed by atoms with Crippen LogP contribution >= 0.6 is 15.9 Å². The molecular formula is C15H17BrN2O2.